The highest BCUT2D eigenvalue weighted by molar-refractivity contribution is 5.44. The molecule has 0 saturated carbocycles. The number of aromatic hydroxyl groups is 1. The van der Waals surface area contributed by atoms with E-state index in [1.807, 2.05) is 19.1 Å². The Morgan fingerprint density at radius 3 is 2.86 bits per heavy atom. The Morgan fingerprint density at radius 2 is 2.05 bits per heavy atom. The fourth-order valence-electron chi connectivity index (χ4n) is 3.05. The van der Waals surface area contributed by atoms with Crippen molar-refractivity contribution in [2.24, 2.45) is 0 Å². The molecule has 1 aliphatic carbocycles. The van der Waals surface area contributed by atoms with E-state index in [2.05, 4.69) is 5.32 Å². The first-order chi connectivity index (χ1) is 10.1. The minimum atomic E-state index is -0.440. The molecule has 2 aromatic carbocycles. The second-order valence-corrected chi connectivity index (χ2v) is 5.49. The molecule has 2 unspecified atom stereocenters. The van der Waals surface area contributed by atoms with Crippen molar-refractivity contribution in [1.82, 2.24) is 5.32 Å². The molecular weight excluding hydrogens is 272 g/mol. The van der Waals surface area contributed by atoms with Crippen LogP contribution < -0.4 is 5.32 Å². The number of rotatable bonds is 3. The average molecular weight is 289 g/mol. The third kappa shape index (κ3) is 2.63. The topological polar surface area (TPSA) is 32.3 Å². The summed E-state index contributed by atoms with van der Waals surface area (Å²) < 4.78 is 27.1. The van der Waals surface area contributed by atoms with Crippen LogP contribution in [-0.2, 0) is 6.42 Å². The normalized spacial score (nSPS) is 18.5. The van der Waals surface area contributed by atoms with Gasteiger partial charge in [-0.1, -0.05) is 12.1 Å². The molecule has 2 atom stereocenters. The van der Waals surface area contributed by atoms with Crippen LogP contribution in [0.3, 0.4) is 0 Å². The monoisotopic (exact) mass is 289 g/mol. The maximum absolute atomic E-state index is 13.8. The molecule has 2 N–H and O–H groups in total. The van der Waals surface area contributed by atoms with Crippen molar-refractivity contribution in [1.29, 1.82) is 0 Å². The van der Waals surface area contributed by atoms with Crippen LogP contribution >= 0.6 is 0 Å². The number of phenols is 1. The molecule has 4 heteroatoms. The molecule has 1 aliphatic rings. The highest BCUT2D eigenvalue weighted by Crippen LogP contribution is 2.37. The van der Waals surface area contributed by atoms with Gasteiger partial charge in [0.15, 0.2) is 0 Å². The Kier molecular flexibility index (Phi) is 3.64. The third-order valence-corrected chi connectivity index (χ3v) is 4.12. The first-order valence-electron chi connectivity index (χ1n) is 7.08. The second kappa shape index (κ2) is 5.45. The van der Waals surface area contributed by atoms with Crippen molar-refractivity contribution in [2.45, 2.75) is 31.8 Å². The maximum Gasteiger partial charge on any atom is 0.128 e. The SMILES string of the molecule is CC(NC1CCc2c(O)cccc21)c1cc(F)ccc1F. The number of fused-ring (bicyclic) bond motifs is 1. The van der Waals surface area contributed by atoms with Gasteiger partial charge in [0, 0.05) is 17.6 Å². The van der Waals surface area contributed by atoms with Crippen molar-refractivity contribution in [3.05, 3.63) is 64.7 Å². The number of hydrogen-bond acceptors (Lipinski definition) is 2. The van der Waals surface area contributed by atoms with Gasteiger partial charge in [0.25, 0.3) is 0 Å². The Bertz CT molecular complexity index is 672. The summed E-state index contributed by atoms with van der Waals surface area (Å²) in [6.45, 7) is 1.82. The summed E-state index contributed by atoms with van der Waals surface area (Å²) in [4.78, 5) is 0. The summed E-state index contributed by atoms with van der Waals surface area (Å²) in [5.74, 6) is -0.545. The smallest absolute Gasteiger partial charge is 0.128 e. The molecule has 2 aromatic rings. The summed E-state index contributed by atoms with van der Waals surface area (Å²) in [5.41, 5.74) is 2.31. The lowest BCUT2D eigenvalue weighted by Gasteiger charge is -2.21. The summed E-state index contributed by atoms with van der Waals surface area (Å²) in [7, 11) is 0. The molecule has 21 heavy (non-hydrogen) atoms. The van der Waals surface area contributed by atoms with Crippen LogP contribution in [0.4, 0.5) is 8.78 Å². The predicted molar refractivity (Wildman–Crippen MR) is 77.1 cm³/mol. The van der Waals surface area contributed by atoms with Gasteiger partial charge < -0.3 is 10.4 Å². The van der Waals surface area contributed by atoms with Gasteiger partial charge in [-0.2, -0.15) is 0 Å². The van der Waals surface area contributed by atoms with Gasteiger partial charge in [0.1, 0.15) is 17.4 Å². The molecule has 0 spiro atoms. The summed E-state index contributed by atoms with van der Waals surface area (Å²) in [6.07, 6.45) is 1.63. The molecule has 0 heterocycles. The van der Waals surface area contributed by atoms with Gasteiger partial charge in [0.05, 0.1) is 0 Å². The van der Waals surface area contributed by atoms with Crippen LogP contribution in [0, 0.1) is 11.6 Å². The van der Waals surface area contributed by atoms with Crippen molar-refractivity contribution < 1.29 is 13.9 Å². The van der Waals surface area contributed by atoms with E-state index in [0.29, 0.717) is 11.3 Å². The van der Waals surface area contributed by atoms with E-state index in [9.17, 15) is 13.9 Å². The van der Waals surface area contributed by atoms with Crippen LogP contribution in [0.25, 0.3) is 0 Å². The van der Waals surface area contributed by atoms with Crippen LogP contribution in [0.2, 0.25) is 0 Å². The first kappa shape index (κ1) is 14.0. The zero-order valence-corrected chi connectivity index (χ0v) is 11.7. The zero-order chi connectivity index (χ0) is 15.0. The van der Waals surface area contributed by atoms with Crippen molar-refractivity contribution in [3.8, 4) is 5.75 Å². The number of halogens is 2. The van der Waals surface area contributed by atoms with Gasteiger partial charge in [0.2, 0.25) is 0 Å². The van der Waals surface area contributed by atoms with Crippen molar-refractivity contribution >= 4 is 0 Å². The Labute approximate surface area is 122 Å². The predicted octanol–water partition coefficient (Wildman–Crippen LogP) is 4.01. The number of phenolic OH excluding ortho intramolecular Hbond substituents is 1. The quantitative estimate of drug-likeness (QED) is 0.895. The number of nitrogens with one attached hydrogen (secondary N) is 1. The number of hydrogen-bond donors (Lipinski definition) is 2. The first-order valence-corrected chi connectivity index (χ1v) is 7.08. The molecule has 0 aromatic heterocycles. The molecular formula is C17H17F2NO. The van der Waals surface area contributed by atoms with Crippen LogP contribution in [-0.4, -0.2) is 5.11 Å². The van der Waals surface area contributed by atoms with Crippen LogP contribution in [0.15, 0.2) is 36.4 Å². The lowest BCUT2D eigenvalue weighted by molar-refractivity contribution is 0.447. The van der Waals surface area contributed by atoms with Crippen molar-refractivity contribution in [3.63, 3.8) is 0 Å². The van der Waals surface area contributed by atoms with E-state index in [1.54, 1.807) is 6.07 Å². The molecule has 0 fully saturated rings. The molecule has 0 amide bonds. The molecule has 3 rings (SSSR count). The van der Waals surface area contributed by atoms with E-state index in [1.165, 1.54) is 6.07 Å². The van der Waals surface area contributed by atoms with E-state index >= 15 is 0 Å². The summed E-state index contributed by atoms with van der Waals surface area (Å²) in [6, 6.07) is 8.69. The Morgan fingerprint density at radius 1 is 1.24 bits per heavy atom. The van der Waals surface area contributed by atoms with Gasteiger partial charge in [-0.3, -0.25) is 0 Å². The fraction of sp³-hybridized carbons (Fsp3) is 0.294. The lowest BCUT2D eigenvalue weighted by Crippen LogP contribution is -2.23. The average Bonchev–Trinajstić information content (AvgIpc) is 2.86. The standard InChI is InChI=1S/C17H17F2NO/c1-10(14-9-11(18)5-7-15(14)19)20-16-8-6-13-12(16)3-2-4-17(13)21/h2-5,7,9-10,16,20-21H,6,8H2,1H3. The maximum atomic E-state index is 13.8. The van der Waals surface area contributed by atoms with Gasteiger partial charge >= 0.3 is 0 Å². The number of benzene rings is 2. The molecule has 110 valence electrons. The minimum Gasteiger partial charge on any atom is -0.508 e. The highest BCUT2D eigenvalue weighted by Gasteiger charge is 2.26. The third-order valence-electron chi connectivity index (χ3n) is 4.12. The lowest BCUT2D eigenvalue weighted by atomic mass is 10.0. The van der Waals surface area contributed by atoms with E-state index < -0.39 is 11.6 Å². The Hall–Kier alpha value is -1.94. The summed E-state index contributed by atoms with van der Waals surface area (Å²) >= 11 is 0. The minimum absolute atomic E-state index is 0.0461. The van der Waals surface area contributed by atoms with Gasteiger partial charge in [-0.05, 0) is 55.2 Å². The van der Waals surface area contributed by atoms with Crippen LogP contribution in [0.1, 0.15) is 42.1 Å². The molecule has 0 radical (unpaired) electrons. The largest absolute Gasteiger partial charge is 0.508 e. The molecule has 0 bridgehead atoms. The van der Waals surface area contributed by atoms with Gasteiger partial charge in [-0.25, -0.2) is 8.78 Å². The summed E-state index contributed by atoms with van der Waals surface area (Å²) in [5, 5.41) is 13.2. The van der Waals surface area contributed by atoms with E-state index in [0.717, 1.165) is 36.1 Å². The highest BCUT2D eigenvalue weighted by atomic mass is 19.1. The molecule has 0 aliphatic heterocycles. The zero-order valence-electron chi connectivity index (χ0n) is 11.7. The van der Waals surface area contributed by atoms with Gasteiger partial charge in [-0.15, -0.1) is 0 Å². The van der Waals surface area contributed by atoms with Crippen LogP contribution in [0.5, 0.6) is 5.75 Å². The molecule has 0 saturated heterocycles. The van der Waals surface area contributed by atoms with E-state index in [4.69, 9.17) is 0 Å². The fourth-order valence-corrected chi connectivity index (χ4v) is 3.05. The second-order valence-electron chi connectivity index (χ2n) is 5.49. The van der Waals surface area contributed by atoms with Crippen molar-refractivity contribution in [2.75, 3.05) is 0 Å². The molecule has 2 nitrogen and oxygen atoms in total. The Balaban J connectivity index is 1.83. The van der Waals surface area contributed by atoms with E-state index in [-0.39, 0.29) is 12.1 Å².